The number of carbonyl (C=O) groups is 1. The predicted octanol–water partition coefficient (Wildman–Crippen LogP) is 5.52. The molecule has 0 spiro atoms. The highest BCUT2D eigenvalue weighted by Gasteiger charge is 2.12. The van der Waals surface area contributed by atoms with E-state index in [9.17, 15) is 4.79 Å². The van der Waals surface area contributed by atoms with E-state index in [2.05, 4.69) is 19.2 Å². The largest absolute Gasteiger partial charge is 0.482 e. The van der Waals surface area contributed by atoms with E-state index in [1.165, 1.54) is 0 Å². The maximum absolute atomic E-state index is 12.1. The van der Waals surface area contributed by atoms with Gasteiger partial charge in [-0.15, -0.1) is 0 Å². The van der Waals surface area contributed by atoms with Gasteiger partial charge in [-0.05, 0) is 36.1 Å². The van der Waals surface area contributed by atoms with Gasteiger partial charge in [0.2, 0.25) is 0 Å². The molecule has 0 unspecified atom stereocenters. The Balaban J connectivity index is 2.02. The Morgan fingerprint density at radius 3 is 2.65 bits per heavy atom. The number of carbonyl (C=O) groups excluding carboxylic acids is 1. The number of rotatable bonds is 6. The summed E-state index contributed by atoms with van der Waals surface area (Å²) in [6.45, 7) is 4.12. The lowest BCUT2D eigenvalue weighted by molar-refractivity contribution is -0.118. The molecule has 2 rings (SSSR count). The van der Waals surface area contributed by atoms with Gasteiger partial charge < -0.3 is 10.1 Å². The van der Waals surface area contributed by atoms with Crippen molar-refractivity contribution in [1.82, 2.24) is 0 Å². The molecule has 0 saturated carbocycles. The molecule has 0 heterocycles. The van der Waals surface area contributed by atoms with Crippen LogP contribution in [-0.4, -0.2) is 12.5 Å². The first-order valence-corrected chi connectivity index (χ1v) is 8.24. The molecular weight excluding hydrogens is 333 g/mol. The maximum Gasteiger partial charge on any atom is 0.262 e. The van der Waals surface area contributed by atoms with Crippen LogP contribution >= 0.6 is 23.2 Å². The van der Waals surface area contributed by atoms with Crippen LogP contribution in [0.3, 0.4) is 0 Å². The topological polar surface area (TPSA) is 38.3 Å². The number of halogens is 2. The second-order valence-corrected chi connectivity index (χ2v) is 6.07. The number of para-hydroxylation sites is 1. The minimum absolute atomic E-state index is 0.130. The Kier molecular flexibility index (Phi) is 6.31. The van der Waals surface area contributed by atoms with Crippen LogP contribution in [0.1, 0.15) is 31.7 Å². The van der Waals surface area contributed by atoms with E-state index in [1.807, 2.05) is 24.3 Å². The molecule has 5 heteroatoms. The number of hydrogen-bond acceptors (Lipinski definition) is 2. The Morgan fingerprint density at radius 1 is 1.17 bits per heavy atom. The Labute approximate surface area is 146 Å². The predicted molar refractivity (Wildman–Crippen MR) is 95.7 cm³/mol. The summed E-state index contributed by atoms with van der Waals surface area (Å²) in [7, 11) is 0. The number of ether oxygens (including phenoxy) is 1. The third kappa shape index (κ3) is 4.63. The van der Waals surface area contributed by atoms with E-state index in [1.54, 1.807) is 18.2 Å². The van der Waals surface area contributed by atoms with Crippen LogP contribution in [0.2, 0.25) is 10.0 Å². The molecular formula is C18H19Cl2NO2. The molecule has 122 valence electrons. The van der Waals surface area contributed by atoms with Crippen molar-refractivity contribution in [3.63, 3.8) is 0 Å². The van der Waals surface area contributed by atoms with Gasteiger partial charge >= 0.3 is 0 Å². The zero-order valence-electron chi connectivity index (χ0n) is 13.1. The molecule has 0 aliphatic heterocycles. The number of benzene rings is 2. The monoisotopic (exact) mass is 351 g/mol. The lowest BCUT2D eigenvalue weighted by atomic mass is 9.97. The summed E-state index contributed by atoms with van der Waals surface area (Å²) < 4.78 is 5.45. The van der Waals surface area contributed by atoms with Crippen LogP contribution in [0.15, 0.2) is 42.5 Å². The number of amides is 1. The molecule has 1 atom stereocenters. The van der Waals surface area contributed by atoms with Crippen molar-refractivity contribution < 1.29 is 9.53 Å². The van der Waals surface area contributed by atoms with Crippen molar-refractivity contribution in [2.75, 3.05) is 11.9 Å². The van der Waals surface area contributed by atoms with Crippen molar-refractivity contribution in [3.05, 3.63) is 58.1 Å². The molecule has 0 aromatic heterocycles. The molecule has 0 saturated heterocycles. The number of nitrogens with one attached hydrogen (secondary N) is 1. The van der Waals surface area contributed by atoms with Crippen molar-refractivity contribution in [2.45, 2.75) is 26.2 Å². The van der Waals surface area contributed by atoms with Crippen molar-refractivity contribution in [1.29, 1.82) is 0 Å². The van der Waals surface area contributed by atoms with Gasteiger partial charge in [0, 0.05) is 5.69 Å². The Morgan fingerprint density at radius 2 is 1.91 bits per heavy atom. The van der Waals surface area contributed by atoms with Gasteiger partial charge in [-0.3, -0.25) is 4.79 Å². The van der Waals surface area contributed by atoms with E-state index in [0.717, 1.165) is 17.7 Å². The van der Waals surface area contributed by atoms with Crippen molar-refractivity contribution in [3.8, 4) is 5.75 Å². The first-order valence-electron chi connectivity index (χ1n) is 7.48. The van der Waals surface area contributed by atoms with E-state index >= 15 is 0 Å². The van der Waals surface area contributed by atoms with Gasteiger partial charge in [0.25, 0.3) is 5.91 Å². The average Bonchev–Trinajstić information content (AvgIpc) is 2.56. The molecule has 0 aliphatic rings. The van der Waals surface area contributed by atoms with Crippen LogP contribution in [0.4, 0.5) is 5.69 Å². The first kappa shape index (κ1) is 17.6. The molecule has 0 radical (unpaired) electrons. The zero-order chi connectivity index (χ0) is 16.8. The maximum atomic E-state index is 12.1. The molecule has 1 amide bonds. The quantitative estimate of drug-likeness (QED) is 0.743. The molecule has 2 aromatic carbocycles. The fraction of sp³-hybridized carbons (Fsp3) is 0.278. The minimum Gasteiger partial charge on any atom is -0.482 e. The van der Waals surface area contributed by atoms with Crippen molar-refractivity contribution in [2.24, 2.45) is 0 Å². The number of hydrogen-bond donors (Lipinski definition) is 1. The molecule has 0 aliphatic carbocycles. The Bertz CT molecular complexity index is 688. The Hall–Kier alpha value is -1.71. The average molecular weight is 352 g/mol. The molecule has 23 heavy (non-hydrogen) atoms. The summed E-state index contributed by atoms with van der Waals surface area (Å²) in [5.74, 6) is 0.524. The third-order valence-corrected chi connectivity index (χ3v) is 4.45. The van der Waals surface area contributed by atoms with Gasteiger partial charge in [0.1, 0.15) is 10.8 Å². The SMILES string of the molecule is CC[C@H](C)c1ccccc1NC(=O)COc1cccc(Cl)c1Cl. The van der Waals surface area contributed by atoms with E-state index in [0.29, 0.717) is 21.7 Å². The van der Waals surface area contributed by atoms with E-state index in [-0.39, 0.29) is 12.5 Å². The summed E-state index contributed by atoms with van der Waals surface area (Å²) >= 11 is 12.0. The standard InChI is InChI=1S/C18H19Cl2NO2/c1-3-12(2)13-7-4-5-9-15(13)21-17(22)11-23-16-10-6-8-14(19)18(16)20/h4-10,12H,3,11H2,1-2H3,(H,21,22)/t12-/m0/s1. The van der Waals surface area contributed by atoms with Gasteiger partial charge in [0.15, 0.2) is 6.61 Å². The molecule has 1 N–H and O–H groups in total. The van der Waals surface area contributed by atoms with Crippen LogP contribution in [0, 0.1) is 0 Å². The van der Waals surface area contributed by atoms with Crippen molar-refractivity contribution >= 4 is 34.8 Å². The third-order valence-electron chi connectivity index (χ3n) is 3.65. The molecule has 2 aromatic rings. The minimum atomic E-state index is -0.239. The van der Waals surface area contributed by atoms with Crippen LogP contribution in [0.25, 0.3) is 0 Å². The highest BCUT2D eigenvalue weighted by Crippen LogP contribution is 2.31. The van der Waals surface area contributed by atoms with Crippen LogP contribution in [-0.2, 0) is 4.79 Å². The normalized spacial score (nSPS) is 11.8. The summed E-state index contributed by atoms with van der Waals surface area (Å²) in [4.78, 5) is 12.1. The van der Waals surface area contributed by atoms with E-state index < -0.39 is 0 Å². The van der Waals surface area contributed by atoms with Crippen LogP contribution in [0.5, 0.6) is 5.75 Å². The van der Waals surface area contributed by atoms with Crippen LogP contribution < -0.4 is 10.1 Å². The fourth-order valence-corrected chi connectivity index (χ4v) is 2.53. The lowest BCUT2D eigenvalue weighted by Gasteiger charge is -2.16. The van der Waals surface area contributed by atoms with Gasteiger partial charge in [-0.2, -0.15) is 0 Å². The van der Waals surface area contributed by atoms with Gasteiger partial charge in [-0.25, -0.2) is 0 Å². The summed E-state index contributed by atoms with van der Waals surface area (Å²) in [6, 6.07) is 12.9. The van der Waals surface area contributed by atoms with E-state index in [4.69, 9.17) is 27.9 Å². The van der Waals surface area contributed by atoms with Gasteiger partial charge in [-0.1, -0.05) is 61.3 Å². The highest BCUT2D eigenvalue weighted by molar-refractivity contribution is 6.42. The lowest BCUT2D eigenvalue weighted by Crippen LogP contribution is -2.21. The summed E-state index contributed by atoms with van der Waals surface area (Å²) in [5, 5.41) is 3.59. The second-order valence-electron chi connectivity index (χ2n) is 5.29. The second kappa shape index (κ2) is 8.23. The first-order chi connectivity index (χ1) is 11.0. The summed E-state index contributed by atoms with van der Waals surface area (Å²) in [6.07, 6.45) is 1.00. The molecule has 3 nitrogen and oxygen atoms in total. The highest BCUT2D eigenvalue weighted by atomic mass is 35.5. The van der Waals surface area contributed by atoms with Gasteiger partial charge in [0.05, 0.1) is 5.02 Å². The number of anilines is 1. The fourth-order valence-electron chi connectivity index (χ4n) is 2.19. The molecule has 0 fully saturated rings. The summed E-state index contributed by atoms with van der Waals surface area (Å²) in [5.41, 5.74) is 1.93. The molecule has 0 bridgehead atoms. The zero-order valence-corrected chi connectivity index (χ0v) is 14.6. The smallest absolute Gasteiger partial charge is 0.262 e.